The Kier molecular flexibility index (Phi) is 6.85. The molecule has 0 saturated carbocycles. The normalized spacial score (nSPS) is 12.7. The van der Waals surface area contributed by atoms with Gasteiger partial charge in [0.1, 0.15) is 12.1 Å². The van der Waals surface area contributed by atoms with Crippen molar-refractivity contribution in [2.75, 3.05) is 7.11 Å². The maximum absolute atomic E-state index is 12.9. The molecule has 30 heavy (non-hydrogen) atoms. The molecule has 156 valence electrons. The van der Waals surface area contributed by atoms with Crippen LogP contribution in [0.15, 0.2) is 60.8 Å². The molecule has 7 nitrogen and oxygen atoms in total. The van der Waals surface area contributed by atoms with Crippen molar-refractivity contribution in [1.82, 2.24) is 15.6 Å². The summed E-state index contributed by atoms with van der Waals surface area (Å²) in [5.74, 6) is -1.30. The molecule has 0 aliphatic heterocycles. The Hall–Kier alpha value is -3.61. The van der Waals surface area contributed by atoms with E-state index in [-0.39, 0.29) is 12.3 Å². The zero-order valence-corrected chi connectivity index (χ0v) is 17.0. The predicted octanol–water partition coefficient (Wildman–Crippen LogP) is 2.12. The lowest BCUT2D eigenvalue weighted by molar-refractivity contribution is -0.145. The Balaban J connectivity index is 1.76. The van der Waals surface area contributed by atoms with Crippen LogP contribution in [0.5, 0.6) is 0 Å². The minimum absolute atomic E-state index is 0.275. The molecule has 0 unspecified atom stereocenters. The number of aromatic amines is 1. The molecule has 0 aliphatic carbocycles. The first-order valence-electron chi connectivity index (χ1n) is 9.71. The monoisotopic (exact) mass is 407 g/mol. The molecule has 3 N–H and O–H groups in total. The molecule has 3 aromatic rings. The first-order chi connectivity index (χ1) is 14.5. The van der Waals surface area contributed by atoms with Crippen molar-refractivity contribution in [2.45, 2.75) is 31.8 Å². The van der Waals surface area contributed by atoms with Gasteiger partial charge < -0.3 is 20.4 Å². The van der Waals surface area contributed by atoms with Crippen LogP contribution in [-0.4, -0.2) is 42.0 Å². The van der Waals surface area contributed by atoms with E-state index in [0.717, 1.165) is 22.0 Å². The number of H-pyrrole nitrogens is 1. The van der Waals surface area contributed by atoms with E-state index < -0.39 is 24.0 Å². The highest BCUT2D eigenvalue weighted by Gasteiger charge is 2.27. The zero-order valence-electron chi connectivity index (χ0n) is 17.0. The molecule has 0 saturated heterocycles. The Morgan fingerprint density at radius 2 is 1.67 bits per heavy atom. The summed E-state index contributed by atoms with van der Waals surface area (Å²) in [7, 11) is 1.28. The fraction of sp³-hybridized carbons (Fsp3) is 0.261. The second kappa shape index (κ2) is 9.73. The summed E-state index contributed by atoms with van der Waals surface area (Å²) >= 11 is 0. The van der Waals surface area contributed by atoms with Crippen molar-refractivity contribution in [3.8, 4) is 0 Å². The number of nitrogens with one attached hydrogen (secondary N) is 3. The number of fused-ring (bicyclic) bond motifs is 1. The van der Waals surface area contributed by atoms with E-state index in [4.69, 9.17) is 4.74 Å². The summed E-state index contributed by atoms with van der Waals surface area (Å²) in [6.45, 7) is 1.36. The zero-order chi connectivity index (χ0) is 21.5. The summed E-state index contributed by atoms with van der Waals surface area (Å²) < 4.78 is 4.89. The number of ether oxygens (including phenoxy) is 1. The maximum atomic E-state index is 12.9. The number of esters is 1. The summed E-state index contributed by atoms with van der Waals surface area (Å²) in [5.41, 5.74) is 2.78. The van der Waals surface area contributed by atoms with Gasteiger partial charge in [0.15, 0.2) is 0 Å². The third-order valence-electron chi connectivity index (χ3n) is 4.84. The van der Waals surface area contributed by atoms with Gasteiger partial charge >= 0.3 is 5.97 Å². The van der Waals surface area contributed by atoms with Gasteiger partial charge in [-0.25, -0.2) is 4.79 Å². The van der Waals surface area contributed by atoms with Gasteiger partial charge in [0.25, 0.3) is 0 Å². The Morgan fingerprint density at radius 3 is 2.37 bits per heavy atom. The predicted molar refractivity (Wildman–Crippen MR) is 114 cm³/mol. The average molecular weight is 407 g/mol. The van der Waals surface area contributed by atoms with Crippen molar-refractivity contribution in [1.29, 1.82) is 0 Å². The third kappa shape index (κ3) is 5.47. The van der Waals surface area contributed by atoms with E-state index in [1.165, 1.54) is 14.0 Å². The summed E-state index contributed by atoms with van der Waals surface area (Å²) in [4.78, 5) is 40.0. The molecule has 0 spiro atoms. The first kappa shape index (κ1) is 21.1. The van der Waals surface area contributed by atoms with E-state index in [9.17, 15) is 14.4 Å². The fourth-order valence-electron chi connectivity index (χ4n) is 3.38. The van der Waals surface area contributed by atoms with E-state index in [1.54, 1.807) is 0 Å². The molecular weight excluding hydrogens is 382 g/mol. The number of methoxy groups -OCH3 is 1. The second-order valence-corrected chi connectivity index (χ2v) is 7.13. The smallest absolute Gasteiger partial charge is 0.328 e. The Bertz CT molecular complexity index is 1030. The van der Waals surface area contributed by atoms with E-state index >= 15 is 0 Å². The first-order valence-corrected chi connectivity index (χ1v) is 9.71. The van der Waals surface area contributed by atoms with Gasteiger partial charge in [0, 0.05) is 31.5 Å². The molecule has 0 radical (unpaired) electrons. The fourth-order valence-corrected chi connectivity index (χ4v) is 3.38. The highest BCUT2D eigenvalue weighted by Crippen LogP contribution is 2.16. The molecule has 2 atom stereocenters. The number of benzene rings is 2. The van der Waals surface area contributed by atoms with Crippen LogP contribution in [0.2, 0.25) is 0 Å². The van der Waals surface area contributed by atoms with Crippen LogP contribution in [0, 0.1) is 0 Å². The average Bonchev–Trinajstić information content (AvgIpc) is 3.20. The van der Waals surface area contributed by atoms with Gasteiger partial charge in [-0.2, -0.15) is 0 Å². The number of carbonyl (C=O) groups is 3. The van der Waals surface area contributed by atoms with Crippen molar-refractivity contribution in [3.63, 3.8) is 0 Å². The molecule has 1 heterocycles. The molecule has 0 fully saturated rings. The Morgan fingerprint density at radius 1 is 0.933 bits per heavy atom. The van der Waals surface area contributed by atoms with Crippen molar-refractivity contribution < 1.29 is 19.1 Å². The lowest BCUT2D eigenvalue weighted by Gasteiger charge is -2.22. The number of amides is 2. The Labute approximate surface area is 174 Å². The van der Waals surface area contributed by atoms with Crippen LogP contribution in [0.1, 0.15) is 18.1 Å². The SMILES string of the molecule is COC(=O)[C@H](Cc1ccc2[nH]ccc2c1)NC(=O)[C@H](Cc1ccccc1)NC(C)=O. The lowest BCUT2D eigenvalue weighted by atomic mass is 10.0. The molecule has 0 bridgehead atoms. The van der Waals surface area contributed by atoms with Crippen LogP contribution in [0.25, 0.3) is 10.9 Å². The van der Waals surface area contributed by atoms with Crippen LogP contribution in [0.4, 0.5) is 0 Å². The third-order valence-corrected chi connectivity index (χ3v) is 4.84. The van der Waals surface area contributed by atoms with Gasteiger partial charge in [0.05, 0.1) is 7.11 Å². The highest BCUT2D eigenvalue weighted by atomic mass is 16.5. The van der Waals surface area contributed by atoms with E-state index in [1.807, 2.05) is 60.8 Å². The molecule has 0 aliphatic rings. The lowest BCUT2D eigenvalue weighted by Crippen LogP contribution is -2.53. The minimum Gasteiger partial charge on any atom is -0.467 e. The molecule has 2 aromatic carbocycles. The van der Waals surface area contributed by atoms with Crippen LogP contribution in [-0.2, 0) is 32.0 Å². The number of rotatable bonds is 8. The molecule has 2 amide bonds. The molecule has 1 aromatic heterocycles. The van der Waals surface area contributed by atoms with Crippen LogP contribution >= 0.6 is 0 Å². The van der Waals surface area contributed by atoms with Gasteiger partial charge in [-0.15, -0.1) is 0 Å². The van der Waals surface area contributed by atoms with Crippen LogP contribution in [0.3, 0.4) is 0 Å². The number of hydrogen-bond donors (Lipinski definition) is 3. The summed E-state index contributed by atoms with van der Waals surface area (Å²) in [5, 5.41) is 6.43. The van der Waals surface area contributed by atoms with E-state index in [2.05, 4.69) is 15.6 Å². The summed E-state index contributed by atoms with van der Waals surface area (Å²) in [6.07, 6.45) is 2.43. The second-order valence-electron chi connectivity index (χ2n) is 7.13. The molecule has 3 rings (SSSR count). The maximum Gasteiger partial charge on any atom is 0.328 e. The number of carbonyl (C=O) groups excluding carboxylic acids is 3. The summed E-state index contributed by atoms with van der Waals surface area (Å²) in [6, 6.07) is 15.4. The van der Waals surface area contributed by atoms with Crippen molar-refractivity contribution in [3.05, 3.63) is 71.9 Å². The molecule has 7 heteroatoms. The van der Waals surface area contributed by atoms with Crippen molar-refractivity contribution in [2.24, 2.45) is 0 Å². The molecular formula is C23H25N3O4. The topological polar surface area (TPSA) is 100 Å². The largest absolute Gasteiger partial charge is 0.467 e. The quantitative estimate of drug-likeness (QED) is 0.498. The van der Waals surface area contributed by atoms with E-state index in [0.29, 0.717) is 6.42 Å². The van der Waals surface area contributed by atoms with Crippen molar-refractivity contribution >= 4 is 28.7 Å². The van der Waals surface area contributed by atoms with Gasteiger partial charge in [-0.1, -0.05) is 36.4 Å². The standard InChI is InChI=1S/C23H25N3O4/c1-15(27)25-20(13-16-6-4-3-5-7-16)22(28)26-21(23(29)30-2)14-17-8-9-19-18(12-17)10-11-24-19/h3-12,20-21,24H,13-14H2,1-2H3,(H,25,27)(H,26,28)/t20-,21-/m0/s1. The van der Waals surface area contributed by atoms with Crippen LogP contribution < -0.4 is 10.6 Å². The number of aromatic nitrogens is 1. The van der Waals surface area contributed by atoms with Gasteiger partial charge in [0.2, 0.25) is 11.8 Å². The highest BCUT2D eigenvalue weighted by molar-refractivity contribution is 5.90. The minimum atomic E-state index is -0.870. The van der Waals surface area contributed by atoms with Gasteiger partial charge in [-0.3, -0.25) is 9.59 Å². The van der Waals surface area contributed by atoms with Gasteiger partial charge in [-0.05, 0) is 34.7 Å². The number of hydrogen-bond acceptors (Lipinski definition) is 4.